The third-order valence-corrected chi connectivity index (χ3v) is 20.6. The molecule has 24 nitrogen and oxygen atoms in total. The Kier molecular flexibility index (Phi) is 51.9. The summed E-state index contributed by atoms with van der Waals surface area (Å²) in [6.45, 7) is 3.49. The molecule has 2 heterocycles. The van der Waals surface area contributed by atoms with Gasteiger partial charge in [0, 0.05) is 19.3 Å². The monoisotopic (exact) mass is 1440 g/mol. The highest BCUT2D eigenvalue weighted by atomic mass is 31.2. The highest BCUT2D eigenvalue weighted by Gasteiger charge is 2.58. The molecule has 2 aliphatic heterocycles. The average molecular weight is 1440 g/mol. The summed E-state index contributed by atoms with van der Waals surface area (Å²) in [4.78, 5) is 51.0. The molecule has 1 aliphatic carbocycles. The predicted molar refractivity (Wildman–Crippen MR) is 375 cm³/mol. The van der Waals surface area contributed by atoms with Crippen molar-refractivity contribution in [2.24, 2.45) is 0 Å². The molecule has 1 saturated carbocycles. The van der Waals surface area contributed by atoms with Gasteiger partial charge in [0.2, 0.25) is 0 Å². The number of hydrogen-bond donors (Lipinski definition) is 11. The van der Waals surface area contributed by atoms with Crippen LogP contribution in [-0.4, -0.2) is 204 Å². The van der Waals surface area contributed by atoms with Gasteiger partial charge in [-0.05, 0) is 19.3 Å². The summed E-state index contributed by atoms with van der Waals surface area (Å²) in [6.07, 6.45) is 14.4. The van der Waals surface area contributed by atoms with E-state index in [0.717, 1.165) is 96.3 Å². The molecule has 0 radical (unpaired) electrons. The van der Waals surface area contributed by atoms with Gasteiger partial charge in [-0.1, -0.05) is 284 Å². The van der Waals surface area contributed by atoms with Crippen molar-refractivity contribution in [2.45, 2.75) is 427 Å². The van der Waals surface area contributed by atoms with Crippen LogP contribution in [0.1, 0.15) is 323 Å². The SMILES string of the molecule is CCCCCCCCCCCCCCCCCCC(=O)OCC1OC(OC2C(O)C(O)C(O)C(OC3OC(CO)C(O)C(O)C3O)C2OP(=O)(O)OCC(COC(=O)CCCCCCCCCCCCCC)OC(=O)CCCCCCCCCCCCCCCCCC)C(O)C(O)C1O. The van der Waals surface area contributed by atoms with Crippen molar-refractivity contribution in [1.29, 1.82) is 0 Å². The molecular formula is C74H139O24P. The zero-order valence-electron chi connectivity index (χ0n) is 61.1. The quantitative estimate of drug-likeness (QED) is 0.0117. The number of phosphoric ester groups is 1. The molecular weight excluding hydrogens is 1300 g/mol. The van der Waals surface area contributed by atoms with Crippen LogP contribution >= 0.6 is 7.82 Å². The number of phosphoric acid groups is 1. The lowest BCUT2D eigenvalue weighted by Gasteiger charge is -2.49. The predicted octanol–water partition coefficient (Wildman–Crippen LogP) is 11.4. The standard InChI is InChI=1S/C74H139O24P/c1-4-7-10-13-16-19-22-25-27-29-31-34-37-40-43-46-49-59(77)91-54-57-62(80)64(82)69(87)74(95-57)97-71-67(85)65(83)66(84)70(96-73-68(86)63(81)61(79)56(51-75)94-73)72(71)98-99(88,89)92-53-55(52-90-58(76)48-45-42-39-36-33-24-21-18-15-12-9-6-3)93-60(78)50-47-44-41-38-35-32-30-28-26-23-20-17-14-11-8-5-2/h55-57,61-75,79-87H,4-54H2,1-3H3,(H,88,89). The van der Waals surface area contributed by atoms with Crippen molar-refractivity contribution >= 4 is 25.7 Å². The lowest BCUT2D eigenvalue weighted by molar-refractivity contribution is -0.360. The third-order valence-electron chi connectivity index (χ3n) is 19.6. The highest BCUT2D eigenvalue weighted by Crippen LogP contribution is 2.49. The Hall–Kier alpha value is -2.04. The Bertz CT molecular complexity index is 2050. The van der Waals surface area contributed by atoms with Gasteiger partial charge in [0.05, 0.1) is 13.2 Å². The molecule has 0 aromatic rings. The summed E-state index contributed by atoms with van der Waals surface area (Å²) in [7, 11) is -5.69. The average Bonchev–Trinajstić information content (AvgIpc) is 0.762. The summed E-state index contributed by atoms with van der Waals surface area (Å²) in [5.41, 5.74) is 0. The van der Waals surface area contributed by atoms with E-state index in [1.807, 2.05) is 0 Å². The summed E-state index contributed by atoms with van der Waals surface area (Å²) in [5, 5.41) is 110. The zero-order chi connectivity index (χ0) is 72.5. The maximum atomic E-state index is 14.3. The second-order valence-corrected chi connectivity index (χ2v) is 29.8. The molecule has 99 heavy (non-hydrogen) atoms. The zero-order valence-corrected chi connectivity index (χ0v) is 61.9. The van der Waals surface area contributed by atoms with E-state index in [2.05, 4.69) is 20.8 Å². The number of esters is 3. The first-order valence-corrected chi connectivity index (χ1v) is 40.8. The Morgan fingerprint density at radius 3 is 0.990 bits per heavy atom. The van der Waals surface area contributed by atoms with Crippen LogP contribution in [0.3, 0.4) is 0 Å². The number of aliphatic hydroxyl groups excluding tert-OH is 10. The number of ether oxygens (including phenoxy) is 7. The number of carbonyl (C=O) groups excluding carboxylic acids is 3. The van der Waals surface area contributed by atoms with Gasteiger partial charge in [-0.15, -0.1) is 0 Å². The van der Waals surface area contributed by atoms with Crippen LogP contribution in [-0.2, 0) is 61.2 Å². The Labute approximate surface area is 593 Å². The lowest BCUT2D eigenvalue weighted by Crippen LogP contribution is -2.69. The fourth-order valence-corrected chi connectivity index (χ4v) is 14.2. The van der Waals surface area contributed by atoms with E-state index in [-0.39, 0.29) is 19.3 Å². The fourth-order valence-electron chi connectivity index (χ4n) is 13.2. The van der Waals surface area contributed by atoms with E-state index in [1.165, 1.54) is 167 Å². The second kappa shape index (κ2) is 56.3. The molecule has 18 unspecified atom stereocenters. The second-order valence-electron chi connectivity index (χ2n) is 28.4. The van der Waals surface area contributed by atoms with E-state index >= 15 is 0 Å². The summed E-state index contributed by atoms with van der Waals surface area (Å²) < 4.78 is 65.1. The molecule has 0 bridgehead atoms. The third kappa shape index (κ3) is 39.2. The minimum Gasteiger partial charge on any atom is -0.463 e. The molecule has 25 heteroatoms. The van der Waals surface area contributed by atoms with E-state index in [4.69, 9.17) is 42.2 Å². The van der Waals surface area contributed by atoms with Crippen molar-refractivity contribution in [2.75, 3.05) is 26.4 Å². The van der Waals surface area contributed by atoms with Gasteiger partial charge < -0.3 is 89.1 Å². The van der Waals surface area contributed by atoms with Crippen molar-refractivity contribution in [1.82, 2.24) is 0 Å². The van der Waals surface area contributed by atoms with Crippen LogP contribution in [0.5, 0.6) is 0 Å². The number of rotatable bonds is 62. The van der Waals surface area contributed by atoms with Gasteiger partial charge in [0.1, 0.15) is 98.7 Å². The van der Waals surface area contributed by atoms with E-state index in [9.17, 15) is 74.9 Å². The van der Waals surface area contributed by atoms with Crippen molar-refractivity contribution in [3.05, 3.63) is 0 Å². The first-order valence-electron chi connectivity index (χ1n) is 39.3. The number of aliphatic hydroxyl groups is 10. The first kappa shape index (κ1) is 91.2. The summed E-state index contributed by atoms with van der Waals surface area (Å²) in [6, 6.07) is 0. The number of carbonyl (C=O) groups is 3. The molecule has 0 spiro atoms. The Morgan fingerprint density at radius 2 is 0.646 bits per heavy atom. The molecule has 584 valence electrons. The highest BCUT2D eigenvalue weighted by molar-refractivity contribution is 7.47. The van der Waals surface area contributed by atoms with Crippen LogP contribution in [0.15, 0.2) is 0 Å². The van der Waals surface area contributed by atoms with Crippen molar-refractivity contribution in [3.63, 3.8) is 0 Å². The van der Waals surface area contributed by atoms with Crippen molar-refractivity contribution in [3.8, 4) is 0 Å². The van der Waals surface area contributed by atoms with E-state index < -0.39 is 156 Å². The summed E-state index contributed by atoms with van der Waals surface area (Å²) >= 11 is 0. The molecule has 3 rings (SSSR count). The smallest absolute Gasteiger partial charge is 0.463 e. The maximum absolute atomic E-state index is 14.3. The molecule has 18 atom stereocenters. The van der Waals surface area contributed by atoms with Crippen LogP contribution < -0.4 is 0 Å². The molecule has 0 amide bonds. The summed E-state index contributed by atoms with van der Waals surface area (Å²) in [5.74, 6) is -1.97. The van der Waals surface area contributed by atoms with Crippen LogP contribution in [0.2, 0.25) is 0 Å². The molecule has 3 fully saturated rings. The van der Waals surface area contributed by atoms with Gasteiger partial charge in [-0.3, -0.25) is 23.4 Å². The van der Waals surface area contributed by atoms with Gasteiger partial charge in [-0.25, -0.2) is 4.57 Å². The van der Waals surface area contributed by atoms with Crippen molar-refractivity contribution < 1.29 is 117 Å². The van der Waals surface area contributed by atoms with E-state index in [0.29, 0.717) is 19.3 Å². The number of unbranched alkanes of at least 4 members (excludes halogenated alkanes) is 41. The van der Waals surface area contributed by atoms with Gasteiger partial charge in [-0.2, -0.15) is 0 Å². The molecule has 0 aromatic carbocycles. The minimum absolute atomic E-state index is 0.0328. The van der Waals surface area contributed by atoms with Crippen LogP contribution in [0.25, 0.3) is 0 Å². The Balaban J connectivity index is 1.71. The number of hydrogen-bond acceptors (Lipinski definition) is 23. The van der Waals surface area contributed by atoms with Crippen LogP contribution in [0.4, 0.5) is 0 Å². The normalized spacial score (nSPS) is 27.4. The molecule has 2 saturated heterocycles. The minimum atomic E-state index is -5.69. The van der Waals surface area contributed by atoms with Gasteiger partial charge in [0.15, 0.2) is 18.7 Å². The molecule has 11 N–H and O–H groups in total. The van der Waals surface area contributed by atoms with E-state index in [1.54, 1.807) is 0 Å². The lowest BCUT2D eigenvalue weighted by atomic mass is 9.84. The fraction of sp³-hybridized carbons (Fsp3) is 0.959. The first-order chi connectivity index (χ1) is 47.8. The van der Waals surface area contributed by atoms with Gasteiger partial charge >= 0.3 is 25.7 Å². The van der Waals surface area contributed by atoms with Gasteiger partial charge in [0.25, 0.3) is 0 Å². The van der Waals surface area contributed by atoms with Crippen LogP contribution in [0, 0.1) is 0 Å². The molecule has 0 aromatic heterocycles. The molecule has 3 aliphatic rings. The Morgan fingerprint density at radius 1 is 0.354 bits per heavy atom. The maximum Gasteiger partial charge on any atom is 0.472 e. The topological polar surface area (TPSA) is 374 Å². The largest absolute Gasteiger partial charge is 0.472 e.